The summed E-state index contributed by atoms with van der Waals surface area (Å²) in [5.41, 5.74) is 3.74. The SMILES string of the molecule is Cc1ccc(CC(C#N)NC(=O)C2CCCCC2NC(=O)c2cc3ccccc3n2C)cc1. The van der Waals surface area contributed by atoms with Crippen LogP contribution in [0, 0.1) is 24.2 Å². The predicted molar refractivity (Wildman–Crippen MR) is 129 cm³/mol. The van der Waals surface area contributed by atoms with E-state index in [0.29, 0.717) is 18.5 Å². The van der Waals surface area contributed by atoms with E-state index in [-0.39, 0.29) is 23.8 Å². The Balaban J connectivity index is 1.44. The molecule has 2 aromatic carbocycles. The van der Waals surface area contributed by atoms with Gasteiger partial charge in [-0.15, -0.1) is 0 Å². The molecule has 2 amide bonds. The van der Waals surface area contributed by atoms with E-state index in [1.807, 2.05) is 73.1 Å². The zero-order valence-corrected chi connectivity index (χ0v) is 19.2. The van der Waals surface area contributed by atoms with Crippen molar-refractivity contribution in [3.8, 4) is 6.07 Å². The number of nitrogens with zero attached hydrogens (tertiary/aromatic N) is 2. The smallest absolute Gasteiger partial charge is 0.268 e. The summed E-state index contributed by atoms with van der Waals surface area (Å²) < 4.78 is 1.88. The highest BCUT2D eigenvalue weighted by atomic mass is 16.2. The number of hydrogen-bond acceptors (Lipinski definition) is 3. The second kappa shape index (κ2) is 9.91. The van der Waals surface area contributed by atoms with Crippen LogP contribution in [0.5, 0.6) is 0 Å². The van der Waals surface area contributed by atoms with Crippen molar-refractivity contribution in [2.75, 3.05) is 0 Å². The summed E-state index contributed by atoms with van der Waals surface area (Å²) in [6.07, 6.45) is 3.82. The van der Waals surface area contributed by atoms with Crippen LogP contribution in [0.4, 0.5) is 0 Å². The van der Waals surface area contributed by atoms with Crippen LogP contribution in [0.2, 0.25) is 0 Å². The van der Waals surface area contributed by atoms with Crippen molar-refractivity contribution in [1.82, 2.24) is 15.2 Å². The van der Waals surface area contributed by atoms with Crippen molar-refractivity contribution in [3.05, 3.63) is 71.4 Å². The molecule has 1 fully saturated rings. The minimum Gasteiger partial charge on any atom is -0.347 e. The molecule has 0 aliphatic heterocycles. The largest absolute Gasteiger partial charge is 0.347 e. The van der Waals surface area contributed by atoms with Gasteiger partial charge in [0.1, 0.15) is 11.7 Å². The van der Waals surface area contributed by atoms with Crippen molar-refractivity contribution < 1.29 is 9.59 Å². The van der Waals surface area contributed by atoms with E-state index in [2.05, 4.69) is 16.7 Å². The molecule has 1 heterocycles. The van der Waals surface area contributed by atoms with Gasteiger partial charge in [-0.05, 0) is 37.5 Å². The molecule has 4 rings (SSSR count). The van der Waals surface area contributed by atoms with Crippen molar-refractivity contribution in [3.63, 3.8) is 0 Å². The van der Waals surface area contributed by atoms with Crippen molar-refractivity contribution in [1.29, 1.82) is 5.26 Å². The van der Waals surface area contributed by atoms with Crippen LogP contribution in [0.1, 0.15) is 47.3 Å². The highest BCUT2D eigenvalue weighted by molar-refractivity contribution is 5.99. The minimum atomic E-state index is -0.600. The number of nitrogens with one attached hydrogen (secondary N) is 2. The van der Waals surface area contributed by atoms with Gasteiger partial charge in [0.05, 0.1) is 12.0 Å². The van der Waals surface area contributed by atoms with Crippen LogP contribution in [-0.4, -0.2) is 28.5 Å². The quantitative estimate of drug-likeness (QED) is 0.604. The Morgan fingerprint density at radius 2 is 1.85 bits per heavy atom. The third-order valence-electron chi connectivity index (χ3n) is 6.64. The molecule has 6 heteroatoms. The maximum Gasteiger partial charge on any atom is 0.268 e. The zero-order chi connectivity index (χ0) is 23.4. The Morgan fingerprint density at radius 3 is 2.58 bits per heavy atom. The first kappa shape index (κ1) is 22.6. The zero-order valence-electron chi connectivity index (χ0n) is 19.2. The number of fused-ring (bicyclic) bond motifs is 1. The van der Waals surface area contributed by atoms with Crippen LogP contribution in [0.15, 0.2) is 54.6 Å². The van der Waals surface area contributed by atoms with Crippen LogP contribution in [0.25, 0.3) is 10.9 Å². The van der Waals surface area contributed by atoms with E-state index >= 15 is 0 Å². The summed E-state index contributed by atoms with van der Waals surface area (Å²) in [7, 11) is 1.88. The van der Waals surface area contributed by atoms with E-state index < -0.39 is 6.04 Å². The standard InChI is InChI=1S/C27H30N4O2/c1-18-11-13-19(14-12-18)15-21(17-28)29-26(32)22-8-4-5-9-23(22)30-27(33)25-16-20-7-3-6-10-24(20)31(25)2/h3,6-7,10-14,16,21-23H,4-5,8-9,15H2,1-2H3,(H,29,32)(H,30,33). The molecule has 3 aromatic rings. The Labute approximate surface area is 194 Å². The number of rotatable bonds is 6. The second-order valence-electron chi connectivity index (χ2n) is 9.00. The third kappa shape index (κ3) is 5.09. The summed E-state index contributed by atoms with van der Waals surface area (Å²) in [6, 6.07) is 19.1. The average Bonchev–Trinajstić information content (AvgIpc) is 3.17. The van der Waals surface area contributed by atoms with Gasteiger partial charge < -0.3 is 15.2 Å². The van der Waals surface area contributed by atoms with E-state index in [0.717, 1.165) is 41.3 Å². The van der Waals surface area contributed by atoms with Gasteiger partial charge in [-0.3, -0.25) is 9.59 Å². The number of nitriles is 1. The lowest BCUT2D eigenvalue weighted by atomic mass is 9.83. The molecule has 0 spiro atoms. The first-order chi connectivity index (χ1) is 16.0. The number of amides is 2. The van der Waals surface area contributed by atoms with Crippen LogP contribution < -0.4 is 10.6 Å². The molecular weight excluding hydrogens is 412 g/mol. The first-order valence-corrected chi connectivity index (χ1v) is 11.6. The maximum atomic E-state index is 13.1. The molecule has 0 radical (unpaired) electrons. The van der Waals surface area contributed by atoms with E-state index in [4.69, 9.17) is 0 Å². The molecule has 6 nitrogen and oxygen atoms in total. The number of hydrogen-bond donors (Lipinski definition) is 2. The number of aryl methyl sites for hydroxylation is 2. The third-order valence-corrected chi connectivity index (χ3v) is 6.64. The van der Waals surface area contributed by atoms with E-state index in [9.17, 15) is 14.9 Å². The maximum absolute atomic E-state index is 13.1. The second-order valence-corrected chi connectivity index (χ2v) is 9.00. The number of carbonyl (C=O) groups excluding carboxylic acids is 2. The van der Waals surface area contributed by atoms with Crippen molar-refractivity contribution in [2.45, 2.75) is 51.1 Å². The molecule has 1 aliphatic carbocycles. The number of carbonyl (C=O) groups is 2. The fraction of sp³-hybridized carbons (Fsp3) is 0.370. The summed E-state index contributed by atoms with van der Waals surface area (Å²) in [4.78, 5) is 26.2. The first-order valence-electron chi connectivity index (χ1n) is 11.6. The van der Waals surface area contributed by atoms with Gasteiger partial charge in [0.15, 0.2) is 0 Å². The van der Waals surface area contributed by atoms with Crippen molar-refractivity contribution in [2.24, 2.45) is 13.0 Å². The predicted octanol–water partition coefficient (Wildman–Crippen LogP) is 4.03. The fourth-order valence-electron chi connectivity index (χ4n) is 4.73. The van der Waals surface area contributed by atoms with Gasteiger partial charge in [0.2, 0.25) is 5.91 Å². The molecule has 1 aromatic heterocycles. The minimum absolute atomic E-state index is 0.157. The van der Waals surface area contributed by atoms with Gasteiger partial charge >= 0.3 is 0 Å². The Bertz CT molecular complexity index is 1190. The molecule has 0 saturated heterocycles. The molecule has 33 heavy (non-hydrogen) atoms. The highest BCUT2D eigenvalue weighted by Crippen LogP contribution is 2.26. The van der Waals surface area contributed by atoms with Gasteiger partial charge in [-0.2, -0.15) is 5.26 Å². The lowest BCUT2D eigenvalue weighted by Gasteiger charge is -2.32. The summed E-state index contributed by atoms with van der Waals surface area (Å²) in [5.74, 6) is -0.670. The molecule has 3 atom stereocenters. The number of para-hydroxylation sites is 1. The lowest BCUT2D eigenvalue weighted by Crippen LogP contribution is -2.50. The van der Waals surface area contributed by atoms with Gasteiger partial charge in [0.25, 0.3) is 5.91 Å². The molecule has 170 valence electrons. The Morgan fingerprint density at radius 1 is 1.12 bits per heavy atom. The Hall–Kier alpha value is -3.59. The van der Waals surface area contributed by atoms with Gasteiger partial charge in [0, 0.05) is 30.4 Å². The monoisotopic (exact) mass is 442 g/mol. The number of benzene rings is 2. The van der Waals surface area contributed by atoms with Gasteiger partial charge in [-0.25, -0.2) is 0 Å². The molecule has 3 unspecified atom stereocenters. The van der Waals surface area contributed by atoms with Crippen LogP contribution in [-0.2, 0) is 18.3 Å². The normalized spacial score (nSPS) is 18.9. The van der Waals surface area contributed by atoms with Gasteiger partial charge in [-0.1, -0.05) is 60.9 Å². The molecule has 1 saturated carbocycles. The fourth-order valence-corrected chi connectivity index (χ4v) is 4.73. The molecule has 2 N–H and O–H groups in total. The molecule has 1 aliphatic rings. The van der Waals surface area contributed by atoms with E-state index in [1.54, 1.807) is 0 Å². The van der Waals surface area contributed by atoms with Crippen molar-refractivity contribution >= 4 is 22.7 Å². The molecule has 0 bridgehead atoms. The van der Waals surface area contributed by atoms with Crippen LogP contribution >= 0.6 is 0 Å². The topological polar surface area (TPSA) is 86.9 Å². The number of aromatic nitrogens is 1. The van der Waals surface area contributed by atoms with Crippen LogP contribution in [0.3, 0.4) is 0 Å². The average molecular weight is 443 g/mol. The molecular formula is C27H30N4O2. The summed E-state index contributed by atoms with van der Waals surface area (Å²) in [5, 5.41) is 16.7. The lowest BCUT2D eigenvalue weighted by molar-refractivity contribution is -0.127. The van der Waals surface area contributed by atoms with E-state index in [1.165, 1.54) is 0 Å². The summed E-state index contributed by atoms with van der Waals surface area (Å²) in [6.45, 7) is 2.02. The summed E-state index contributed by atoms with van der Waals surface area (Å²) >= 11 is 0. The highest BCUT2D eigenvalue weighted by Gasteiger charge is 2.33. The Kier molecular flexibility index (Phi) is 6.79.